The number of hydrogen-bond acceptors (Lipinski definition) is 5. The molecule has 28 heavy (non-hydrogen) atoms. The molecule has 1 unspecified atom stereocenters. The predicted octanol–water partition coefficient (Wildman–Crippen LogP) is 2.71. The number of halogens is 1. The zero-order valence-electron chi connectivity index (χ0n) is 15.9. The van der Waals surface area contributed by atoms with Crippen LogP contribution in [0.2, 0.25) is 0 Å². The number of anilines is 2. The Morgan fingerprint density at radius 2 is 1.75 bits per heavy atom. The van der Waals surface area contributed by atoms with Gasteiger partial charge in [-0.15, -0.1) is 0 Å². The largest absolute Gasteiger partial charge is 0.465 e. The number of carbonyl (C=O) groups is 2. The van der Waals surface area contributed by atoms with Crippen molar-refractivity contribution in [2.45, 2.75) is 19.9 Å². The van der Waals surface area contributed by atoms with Crippen molar-refractivity contribution in [3.63, 3.8) is 0 Å². The highest BCUT2D eigenvalue weighted by Crippen LogP contribution is 2.24. The summed E-state index contributed by atoms with van der Waals surface area (Å²) in [5.41, 5.74) is 1.29. The lowest BCUT2D eigenvalue weighted by molar-refractivity contribution is -0.116. The lowest BCUT2D eigenvalue weighted by Gasteiger charge is -2.28. The van der Waals surface area contributed by atoms with Gasteiger partial charge in [0.1, 0.15) is 11.9 Å². The van der Waals surface area contributed by atoms with E-state index < -0.39 is 33.8 Å². The number of amides is 1. The maximum Gasteiger partial charge on any atom is 0.338 e. The van der Waals surface area contributed by atoms with Crippen LogP contribution in [0.25, 0.3) is 0 Å². The van der Waals surface area contributed by atoms with E-state index in [2.05, 4.69) is 5.32 Å². The molecule has 0 saturated carbocycles. The van der Waals surface area contributed by atoms with Gasteiger partial charge in [-0.25, -0.2) is 17.6 Å². The molecule has 0 radical (unpaired) electrons. The Balaban J connectivity index is 2.34. The molecular formula is C19H21FN2O5S. The average molecular weight is 408 g/mol. The van der Waals surface area contributed by atoms with Gasteiger partial charge < -0.3 is 10.1 Å². The number of benzene rings is 2. The number of nitrogens with one attached hydrogen (secondary N) is 1. The standard InChI is InChI=1S/C19H21FN2O5S/c1-12-16(19(24)27-3)6-5-7-17(12)21-18(23)13(2)22(28(4,25)26)15-10-8-14(20)9-11-15/h5-11,13H,1-4H3,(H,21,23). The molecule has 0 aliphatic rings. The minimum atomic E-state index is -3.83. The molecule has 0 fully saturated rings. The molecule has 0 aliphatic carbocycles. The van der Waals surface area contributed by atoms with Gasteiger partial charge in [0.25, 0.3) is 0 Å². The van der Waals surface area contributed by atoms with Gasteiger partial charge in [0.15, 0.2) is 0 Å². The van der Waals surface area contributed by atoms with Gasteiger partial charge in [-0.1, -0.05) is 6.07 Å². The molecule has 0 saturated heterocycles. The smallest absolute Gasteiger partial charge is 0.338 e. The first-order valence-electron chi connectivity index (χ1n) is 8.30. The second-order valence-electron chi connectivity index (χ2n) is 6.17. The zero-order valence-corrected chi connectivity index (χ0v) is 16.7. The lowest BCUT2D eigenvalue weighted by atomic mass is 10.1. The fourth-order valence-electron chi connectivity index (χ4n) is 2.74. The topological polar surface area (TPSA) is 92.8 Å². The Morgan fingerprint density at radius 1 is 1.14 bits per heavy atom. The van der Waals surface area contributed by atoms with Crippen molar-refractivity contribution in [1.29, 1.82) is 0 Å². The maximum absolute atomic E-state index is 13.2. The summed E-state index contributed by atoms with van der Waals surface area (Å²) in [5.74, 6) is -1.69. The van der Waals surface area contributed by atoms with Crippen LogP contribution >= 0.6 is 0 Å². The van der Waals surface area contributed by atoms with Crippen molar-refractivity contribution in [3.05, 3.63) is 59.4 Å². The summed E-state index contributed by atoms with van der Waals surface area (Å²) in [6.07, 6.45) is 0.962. The van der Waals surface area contributed by atoms with Crippen molar-refractivity contribution in [1.82, 2.24) is 0 Å². The van der Waals surface area contributed by atoms with Crippen LogP contribution in [0.3, 0.4) is 0 Å². The summed E-state index contributed by atoms with van der Waals surface area (Å²) in [6.45, 7) is 3.06. The van der Waals surface area contributed by atoms with E-state index in [1.165, 1.54) is 26.2 Å². The van der Waals surface area contributed by atoms with Crippen LogP contribution in [0.5, 0.6) is 0 Å². The summed E-state index contributed by atoms with van der Waals surface area (Å²) in [7, 11) is -2.58. The van der Waals surface area contributed by atoms with Crippen LogP contribution in [0.1, 0.15) is 22.8 Å². The van der Waals surface area contributed by atoms with Gasteiger partial charge in [-0.2, -0.15) is 0 Å². The molecule has 9 heteroatoms. The van der Waals surface area contributed by atoms with Crippen molar-refractivity contribution < 1.29 is 27.1 Å². The average Bonchev–Trinajstić information content (AvgIpc) is 2.63. The minimum Gasteiger partial charge on any atom is -0.465 e. The van der Waals surface area contributed by atoms with Gasteiger partial charge >= 0.3 is 5.97 Å². The van der Waals surface area contributed by atoms with Crippen molar-refractivity contribution in [2.75, 3.05) is 23.0 Å². The molecule has 150 valence electrons. The van der Waals surface area contributed by atoms with Gasteiger partial charge in [0.05, 0.1) is 24.6 Å². The summed E-state index contributed by atoms with van der Waals surface area (Å²) >= 11 is 0. The summed E-state index contributed by atoms with van der Waals surface area (Å²) in [5, 5.41) is 2.64. The van der Waals surface area contributed by atoms with E-state index in [4.69, 9.17) is 4.74 Å². The molecule has 2 aromatic rings. The van der Waals surface area contributed by atoms with E-state index in [0.29, 0.717) is 11.3 Å². The van der Waals surface area contributed by atoms with E-state index in [1.807, 2.05) is 0 Å². The van der Waals surface area contributed by atoms with Crippen LogP contribution in [0, 0.1) is 12.7 Å². The van der Waals surface area contributed by atoms with Gasteiger partial charge in [0, 0.05) is 5.69 Å². The Morgan fingerprint density at radius 3 is 2.29 bits per heavy atom. The predicted molar refractivity (Wildman–Crippen MR) is 104 cm³/mol. The first-order valence-corrected chi connectivity index (χ1v) is 10.1. The monoisotopic (exact) mass is 408 g/mol. The highest BCUT2D eigenvalue weighted by molar-refractivity contribution is 7.92. The Hall–Kier alpha value is -2.94. The van der Waals surface area contributed by atoms with Gasteiger partial charge in [-0.05, 0) is 55.8 Å². The third kappa shape index (κ3) is 4.66. The highest BCUT2D eigenvalue weighted by atomic mass is 32.2. The van der Waals surface area contributed by atoms with Crippen LogP contribution in [-0.4, -0.2) is 39.7 Å². The molecule has 1 atom stereocenters. The SMILES string of the molecule is COC(=O)c1cccc(NC(=O)C(C)N(c2ccc(F)cc2)S(C)(=O)=O)c1C. The first kappa shape index (κ1) is 21.4. The van der Waals surface area contributed by atoms with E-state index >= 15 is 0 Å². The summed E-state index contributed by atoms with van der Waals surface area (Å²) in [6, 6.07) is 8.39. The molecule has 2 rings (SSSR count). The molecule has 2 aromatic carbocycles. The van der Waals surface area contributed by atoms with Crippen molar-refractivity contribution in [2.24, 2.45) is 0 Å². The van der Waals surface area contributed by atoms with E-state index in [0.717, 1.165) is 22.7 Å². The number of rotatable bonds is 6. The minimum absolute atomic E-state index is 0.159. The van der Waals surface area contributed by atoms with E-state index in [-0.39, 0.29) is 11.3 Å². The van der Waals surface area contributed by atoms with Crippen LogP contribution in [0.15, 0.2) is 42.5 Å². The normalized spacial score (nSPS) is 12.2. The van der Waals surface area contributed by atoms with Crippen molar-refractivity contribution >= 4 is 33.3 Å². The molecule has 0 aromatic heterocycles. The number of esters is 1. The lowest BCUT2D eigenvalue weighted by Crippen LogP contribution is -2.45. The van der Waals surface area contributed by atoms with Crippen LogP contribution in [0.4, 0.5) is 15.8 Å². The fraction of sp³-hybridized carbons (Fsp3) is 0.263. The molecular weight excluding hydrogens is 387 g/mol. The fourth-order valence-corrected chi connectivity index (χ4v) is 3.91. The second-order valence-corrected chi connectivity index (χ2v) is 8.03. The van der Waals surface area contributed by atoms with Crippen LogP contribution in [-0.2, 0) is 19.6 Å². The Labute approximate surface area is 163 Å². The Kier molecular flexibility index (Phi) is 6.40. The van der Waals surface area contributed by atoms with Crippen molar-refractivity contribution in [3.8, 4) is 0 Å². The van der Waals surface area contributed by atoms with E-state index in [1.54, 1.807) is 25.1 Å². The third-order valence-electron chi connectivity index (χ3n) is 4.17. The quantitative estimate of drug-likeness (QED) is 0.742. The summed E-state index contributed by atoms with van der Waals surface area (Å²) in [4.78, 5) is 24.5. The molecule has 0 spiro atoms. The summed E-state index contributed by atoms with van der Waals surface area (Å²) < 4.78 is 43.3. The molecule has 0 aliphatic heterocycles. The van der Waals surface area contributed by atoms with Gasteiger partial charge in [-0.3, -0.25) is 9.10 Å². The number of carbonyl (C=O) groups excluding carboxylic acids is 2. The third-order valence-corrected chi connectivity index (χ3v) is 5.41. The molecule has 1 amide bonds. The number of methoxy groups -OCH3 is 1. The molecule has 0 bridgehead atoms. The first-order chi connectivity index (χ1) is 13.1. The van der Waals surface area contributed by atoms with Gasteiger partial charge in [0.2, 0.25) is 15.9 Å². The molecule has 7 nitrogen and oxygen atoms in total. The zero-order chi connectivity index (χ0) is 21.1. The molecule has 1 N–H and O–H groups in total. The highest BCUT2D eigenvalue weighted by Gasteiger charge is 2.29. The number of nitrogens with zero attached hydrogens (tertiary/aromatic N) is 1. The number of ether oxygens (including phenoxy) is 1. The molecule has 0 heterocycles. The second kappa shape index (κ2) is 8.39. The Bertz CT molecular complexity index is 990. The van der Waals surface area contributed by atoms with E-state index in [9.17, 15) is 22.4 Å². The number of hydrogen-bond donors (Lipinski definition) is 1. The maximum atomic E-state index is 13.2. The number of sulfonamides is 1. The van der Waals surface area contributed by atoms with Crippen LogP contribution < -0.4 is 9.62 Å².